The first-order valence-corrected chi connectivity index (χ1v) is 13.6. The van der Waals surface area contributed by atoms with Gasteiger partial charge in [0.05, 0.1) is 24.7 Å². The van der Waals surface area contributed by atoms with Gasteiger partial charge in [0.2, 0.25) is 5.91 Å². The second-order valence-corrected chi connectivity index (χ2v) is 11.1. The van der Waals surface area contributed by atoms with E-state index in [0.29, 0.717) is 6.42 Å². The number of carbonyl (C=O) groups is 1. The highest BCUT2D eigenvalue weighted by Gasteiger charge is 2.40. The first-order chi connectivity index (χ1) is 16.5. The fraction of sp³-hybridized carbons (Fsp3) is 0.692. The number of hydrogen-bond donors (Lipinski definition) is 1. The average Bonchev–Trinajstić information content (AvgIpc) is 3.43. The molecule has 5 rings (SSSR count). The maximum absolute atomic E-state index is 11.8. The number of nitrogens with zero attached hydrogens (tertiary/aromatic N) is 2. The molecule has 2 atom stereocenters. The summed E-state index contributed by atoms with van der Waals surface area (Å²) in [6.07, 6.45) is 9.82. The van der Waals surface area contributed by atoms with Crippen LogP contribution in [0.1, 0.15) is 68.2 Å². The summed E-state index contributed by atoms with van der Waals surface area (Å²) in [4.78, 5) is 21.5. The third-order valence-electron chi connectivity index (χ3n) is 8.39. The number of hydrogen-bond acceptors (Lipinski definition) is 7. The Morgan fingerprint density at radius 1 is 1.32 bits per heavy atom. The molecule has 0 bridgehead atoms. The van der Waals surface area contributed by atoms with E-state index in [0.717, 1.165) is 68.0 Å². The second kappa shape index (κ2) is 10.1. The van der Waals surface area contributed by atoms with Gasteiger partial charge in [-0.25, -0.2) is 4.98 Å². The van der Waals surface area contributed by atoms with E-state index in [1.54, 1.807) is 18.4 Å². The van der Waals surface area contributed by atoms with Crippen molar-refractivity contribution in [3.8, 4) is 5.75 Å². The van der Waals surface area contributed by atoms with E-state index in [-0.39, 0.29) is 17.6 Å². The smallest absolute Gasteiger partial charge is 0.246 e. The lowest BCUT2D eigenvalue weighted by Crippen LogP contribution is -2.55. The molecular weight excluding hydrogens is 450 g/mol. The summed E-state index contributed by atoms with van der Waals surface area (Å²) in [7, 11) is 1.56. The number of morpholine rings is 1. The minimum Gasteiger partial charge on any atom is -0.490 e. The molecule has 2 aliphatic carbocycles. The van der Waals surface area contributed by atoms with Crippen LogP contribution in [0.2, 0.25) is 0 Å². The third-order valence-corrected chi connectivity index (χ3v) is 9.57. The van der Waals surface area contributed by atoms with Crippen LogP contribution < -0.4 is 10.5 Å². The number of carbonyl (C=O) groups excluding carboxylic acids is 1. The molecule has 8 heteroatoms. The molecule has 0 unspecified atom stereocenters. The van der Waals surface area contributed by atoms with Crippen LogP contribution in [-0.2, 0) is 20.7 Å². The Balaban J connectivity index is 1.34. The van der Waals surface area contributed by atoms with E-state index in [1.165, 1.54) is 29.7 Å². The maximum atomic E-state index is 11.8. The van der Waals surface area contributed by atoms with Crippen LogP contribution in [0.5, 0.6) is 5.75 Å². The van der Waals surface area contributed by atoms with Gasteiger partial charge < -0.3 is 19.9 Å². The molecular formula is C26H37N3O4S. The van der Waals surface area contributed by atoms with Crippen LogP contribution >= 0.6 is 11.3 Å². The van der Waals surface area contributed by atoms with Crippen molar-refractivity contribution in [2.45, 2.75) is 82.0 Å². The summed E-state index contributed by atoms with van der Waals surface area (Å²) in [6, 6.07) is 2.02. The number of methoxy groups -OCH3 is 1. The lowest BCUT2D eigenvalue weighted by Gasteiger charge is -2.49. The molecule has 1 saturated heterocycles. The van der Waals surface area contributed by atoms with E-state index >= 15 is 0 Å². The molecule has 186 valence electrons. The standard InChI is InChI=1S/C26H37N3O4S/c1-3-26(29-12-14-32-15-13-29)9-6-18(7-10-26)33-19-8-11-28-25-23(19)22-17(4-5-21(22)34-25)16-20(31-2)24(27)30/h8,11,17-18,20H,3-7,9-10,12-16H2,1-2H3,(H2,27,30)/t17-,18-,20+,26-/m1/s1. The van der Waals surface area contributed by atoms with Crippen molar-refractivity contribution >= 4 is 27.5 Å². The van der Waals surface area contributed by atoms with Gasteiger partial charge in [0.1, 0.15) is 16.7 Å². The van der Waals surface area contributed by atoms with Gasteiger partial charge >= 0.3 is 0 Å². The number of nitrogens with two attached hydrogens (primary N) is 1. The summed E-state index contributed by atoms with van der Waals surface area (Å²) in [5, 5.41) is 1.14. The number of primary amides is 1. The summed E-state index contributed by atoms with van der Waals surface area (Å²) >= 11 is 1.76. The van der Waals surface area contributed by atoms with Crippen LogP contribution in [0, 0.1) is 0 Å². The molecule has 2 N–H and O–H groups in total. The van der Waals surface area contributed by atoms with Crippen LogP contribution in [0.3, 0.4) is 0 Å². The van der Waals surface area contributed by atoms with Crippen molar-refractivity contribution in [3.63, 3.8) is 0 Å². The predicted molar refractivity (Wildman–Crippen MR) is 134 cm³/mol. The quantitative estimate of drug-likeness (QED) is 0.605. The van der Waals surface area contributed by atoms with Gasteiger partial charge in [0, 0.05) is 36.8 Å². The summed E-state index contributed by atoms with van der Waals surface area (Å²) in [5.74, 6) is 0.794. The van der Waals surface area contributed by atoms with Gasteiger partial charge in [-0.1, -0.05) is 6.92 Å². The highest BCUT2D eigenvalue weighted by molar-refractivity contribution is 7.19. The van der Waals surface area contributed by atoms with Crippen molar-refractivity contribution in [1.29, 1.82) is 0 Å². The van der Waals surface area contributed by atoms with E-state index < -0.39 is 12.0 Å². The molecule has 1 amide bonds. The second-order valence-electron chi connectivity index (χ2n) is 10.0. The number of pyridine rings is 1. The summed E-state index contributed by atoms with van der Waals surface area (Å²) in [5.41, 5.74) is 7.16. The van der Waals surface area contributed by atoms with Crippen LogP contribution in [-0.4, -0.2) is 67.0 Å². The highest BCUT2D eigenvalue weighted by atomic mass is 32.1. The van der Waals surface area contributed by atoms with Crippen LogP contribution in [0.15, 0.2) is 12.3 Å². The number of fused-ring (bicyclic) bond motifs is 3. The fourth-order valence-electron chi connectivity index (χ4n) is 6.41. The molecule has 2 aromatic rings. The minimum atomic E-state index is -0.562. The largest absolute Gasteiger partial charge is 0.490 e. The summed E-state index contributed by atoms with van der Waals surface area (Å²) in [6.45, 7) is 6.11. The fourth-order valence-corrected chi connectivity index (χ4v) is 7.67. The Bertz CT molecular complexity index is 1010. The lowest BCUT2D eigenvalue weighted by atomic mass is 9.77. The molecule has 1 saturated carbocycles. The van der Waals surface area contributed by atoms with Crippen molar-refractivity contribution in [3.05, 3.63) is 22.7 Å². The molecule has 7 nitrogen and oxygen atoms in total. The number of aromatic nitrogens is 1. The third kappa shape index (κ3) is 4.45. The van der Waals surface area contributed by atoms with Gasteiger partial charge in [-0.05, 0) is 68.9 Å². The first-order valence-electron chi connectivity index (χ1n) is 12.8. The molecule has 2 aromatic heterocycles. The molecule has 0 aromatic carbocycles. The van der Waals surface area contributed by atoms with E-state index in [2.05, 4.69) is 16.8 Å². The Kier molecular flexibility index (Phi) is 7.12. The van der Waals surface area contributed by atoms with Crippen molar-refractivity contribution in [2.75, 3.05) is 33.4 Å². The summed E-state index contributed by atoms with van der Waals surface area (Å²) < 4.78 is 17.7. The molecule has 3 aliphatic rings. The maximum Gasteiger partial charge on any atom is 0.246 e. The molecule has 3 heterocycles. The normalized spacial score (nSPS) is 28.6. The monoisotopic (exact) mass is 487 g/mol. The van der Waals surface area contributed by atoms with Crippen molar-refractivity contribution in [1.82, 2.24) is 9.88 Å². The Hall–Kier alpha value is -1.74. The first kappa shape index (κ1) is 24.0. The number of ether oxygens (including phenoxy) is 3. The molecule has 1 aliphatic heterocycles. The van der Waals surface area contributed by atoms with Gasteiger partial charge in [-0.3, -0.25) is 9.69 Å². The zero-order valence-corrected chi connectivity index (χ0v) is 21.2. The molecule has 2 fully saturated rings. The van der Waals surface area contributed by atoms with Crippen molar-refractivity contribution < 1.29 is 19.0 Å². The molecule has 0 spiro atoms. The number of thiophene rings is 1. The average molecular weight is 488 g/mol. The van der Waals surface area contributed by atoms with E-state index in [4.69, 9.17) is 19.9 Å². The van der Waals surface area contributed by atoms with Crippen molar-refractivity contribution in [2.24, 2.45) is 5.73 Å². The van der Waals surface area contributed by atoms with Gasteiger partial charge in [-0.2, -0.15) is 0 Å². The van der Waals surface area contributed by atoms with Gasteiger partial charge in [-0.15, -0.1) is 11.3 Å². The number of aryl methyl sites for hydroxylation is 1. The zero-order valence-electron chi connectivity index (χ0n) is 20.4. The Morgan fingerprint density at radius 3 is 2.76 bits per heavy atom. The molecule has 0 radical (unpaired) electrons. The lowest BCUT2D eigenvalue weighted by molar-refractivity contribution is -0.128. The van der Waals surface area contributed by atoms with Gasteiger partial charge in [0.15, 0.2) is 0 Å². The highest BCUT2D eigenvalue weighted by Crippen LogP contribution is 2.49. The number of amides is 1. The van der Waals surface area contributed by atoms with Gasteiger partial charge in [0.25, 0.3) is 0 Å². The molecule has 34 heavy (non-hydrogen) atoms. The van der Waals surface area contributed by atoms with E-state index in [9.17, 15) is 4.79 Å². The SMILES string of the molecule is CC[C@]1(N2CCOCC2)CC[C@H](Oc2ccnc3sc4c(c23)[C@@H](C[C@H](OC)C(N)=O)CC4)CC1. The Labute approximate surface area is 205 Å². The zero-order chi connectivity index (χ0) is 23.7. The Morgan fingerprint density at radius 2 is 2.09 bits per heavy atom. The number of rotatable bonds is 8. The minimum absolute atomic E-state index is 0.221. The van der Waals surface area contributed by atoms with Crippen LogP contribution in [0.4, 0.5) is 0 Å². The van der Waals surface area contributed by atoms with Crippen LogP contribution in [0.25, 0.3) is 10.2 Å². The van der Waals surface area contributed by atoms with E-state index in [1.807, 2.05) is 12.3 Å². The predicted octanol–water partition coefficient (Wildman–Crippen LogP) is 4.02. The topological polar surface area (TPSA) is 86.9 Å².